The van der Waals surface area contributed by atoms with Crippen molar-refractivity contribution in [1.29, 1.82) is 0 Å². The second kappa shape index (κ2) is 13.9. The van der Waals surface area contributed by atoms with Crippen LogP contribution in [-0.2, 0) is 4.79 Å². The molecule has 1 aromatic carbocycles. The number of likely N-dealkylation sites (tertiary alicyclic amines) is 1. The Morgan fingerprint density at radius 2 is 1.71 bits per heavy atom. The Balaban J connectivity index is 1.81. The lowest BCUT2D eigenvalue weighted by atomic mass is 9.92. The number of fused-ring (bicyclic) bond motifs is 1. The predicted molar refractivity (Wildman–Crippen MR) is 142 cm³/mol. The molecular weight excluding hydrogens is 438 g/mol. The van der Waals surface area contributed by atoms with E-state index in [1.165, 1.54) is 0 Å². The van der Waals surface area contributed by atoms with Crippen LogP contribution in [0.1, 0.15) is 82.5 Å². The van der Waals surface area contributed by atoms with Crippen LogP contribution in [0.4, 0.5) is 0 Å². The summed E-state index contributed by atoms with van der Waals surface area (Å²) in [6.07, 6.45) is 7.89. The molecule has 1 aromatic rings. The summed E-state index contributed by atoms with van der Waals surface area (Å²) in [7, 11) is 2.16. The third kappa shape index (κ3) is 8.23. The highest BCUT2D eigenvalue weighted by Gasteiger charge is 2.29. The molecule has 196 valence electrons. The number of nitrogens with zero attached hydrogens (tertiary/aromatic N) is 3. The molecule has 3 rings (SSSR count). The monoisotopic (exact) mass is 485 g/mol. The van der Waals surface area contributed by atoms with Crippen LogP contribution in [0.2, 0.25) is 0 Å². The fraction of sp³-hybridized carbons (Fsp3) is 0.724. The third-order valence-corrected chi connectivity index (χ3v) is 7.60. The van der Waals surface area contributed by atoms with Crippen molar-refractivity contribution in [3.63, 3.8) is 0 Å². The number of hydrogen-bond donors (Lipinski definition) is 0. The molecule has 0 N–H and O–H groups in total. The fourth-order valence-electron chi connectivity index (χ4n) is 5.44. The van der Waals surface area contributed by atoms with Gasteiger partial charge in [-0.05, 0) is 83.1 Å². The summed E-state index contributed by atoms with van der Waals surface area (Å²) in [4.78, 5) is 33.4. The number of piperidine rings is 1. The molecule has 6 heteroatoms. The Labute approximate surface area is 213 Å². The van der Waals surface area contributed by atoms with Crippen molar-refractivity contribution < 1.29 is 14.3 Å². The molecule has 2 heterocycles. The van der Waals surface area contributed by atoms with E-state index >= 15 is 0 Å². The topological polar surface area (TPSA) is 53.1 Å². The summed E-state index contributed by atoms with van der Waals surface area (Å²) < 4.78 is 6.35. The number of rotatable bonds is 5. The SMILES string of the molecule is CCN1CCCCCCN(C(=O)CC2CCN(C)CC2)[C@@H](CC(C)C)COc2ccccc2C1=O. The highest BCUT2D eigenvalue weighted by molar-refractivity contribution is 5.96. The van der Waals surface area contributed by atoms with Gasteiger partial charge >= 0.3 is 0 Å². The molecule has 2 aliphatic heterocycles. The summed E-state index contributed by atoms with van der Waals surface area (Å²) in [6.45, 7) is 11.3. The Morgan fingerprint density at radius 3 is 2.40 bits per heavy atom. The zero-order valence-electron chi connectivity index (χ0n) is 22.5. The quantitative estimate of drug-likeness (QED) is 0.584. The van der Waals surface area contributed by atoms with Crippen molar-refractivity contribution in [2.24, 2.45) is 11.8 Å². The molecule has 6 nitrogen and oxygen atoms in total. The number of carbonyl (C=O) groups excluding carboxylic acids is 2. The number of benzene rings is 1. The minimum absolute atomic E-state index is 0.0159. The van der Waals surface area contributed by atoms with Gasteiger partial charge in [0.25, 0.3) is 5.91 Å². The standard InChI is InChI=1S/C29H47N3O3/c1-5-31-16-10-6-7-11-17-32(28(33)21-24-14-18-30(4)19-15-24)25(20-23(2)3)22-35-27-13-9-8-12-26(27)29(31)34/h8-9,12-13,23-25H,5-7,10-11,14-22H2,1-4H3/t25-/m0/s1. The van der Waals surface area contributed by atoms with Gasteiger partial charge in [-0.2, -0.15) is 0 Å². The largest absolute Gasteiger partial charge is 0.491 e. The highest BCUT2D eigenvalue weighted by atomic mass is 16.5. The average Bonchev–Trinajstić information content (AvgIpc) is 2.84. The van der Waals surface area contributed by atoms with Crippen molar-refractivity contribution in [2.45, 2.75) is 78.2 Å². The minimum Gasteiger partial charge on any atom is -0.491 e. The van der Waals surface area contributed by atoms with Crippen molar-refractivity contribution in [3.05, 3.63) is 29.8 Å². The Bertz CT molecular complexity index is 804. The van der Waals surface area contributed by atoms with Gasteiger partial charge < -0.3 is 19.4 Å². The van der Waals surface area contributed by atoms with E-state index in [-0.39, 0.29) is 17.9 Å². The van der Waals surface area contributed by atoms with Crippen LogP contribution in [0.15, 0.2) is 24.3 Å². The molecule has 0 saturated carbocycles. The molecule has 1 saturated heterocycles. The highest BCUT2D eigenvalue weighted by Crippen LogP contribution is 2.25. The molecule has 1 fully saturated rings. The molecule has 0 bridgehead atoms. The summed E-state index contributed by atoms with van der Waals surface area (Å²) >= 11 is 0. The fourth-order valence-corrected chi connectivity index (χ4v) is 5.44. The van der Waals surface area contributed by atoms with E-state index in [9.17, 15) is 9.59 Å². The molecule has 1 atom stereocenters. The molecule has 0 radical (unpaired) electrons. The Hall–Kier alpha value is -2.08. The van der Waals surface area contributed by atoms with Crippen LogP contribution in [0.3, 0.4) is 0 Å². The molecule has 0 spiro atoms. The molecule has 0 aliphatic carbocycles. The van der Waals surface area contributed by atoms with E-state index in [4.69, 9.17) is 4.74 Å². The maximum Gasteiger partial charge on any atom is 0.257 e. The smallest absolute Gasteiger partial charge is 0.257 e. The lowest BCUT2D eigenvalue weighted by Crippen LogP contribution is -2.46. The van der Waals surface area contributed by atoms with Crippen LogP contribution < -0.4 is 4.74 Å². The van der Waals surface area contributed by atoms with Gasteiger partial charge in [0.2, 0.25) is 5.91 Å². The van der Waals surface area contributed by atoms with Crippen LogP contribution in [-0.4, -0.2) is 78.9 Å². The Morgan fingerprint density at radius 1 is 1.03 bits per heavy atom. The minimum atomic E-state index is 0.0159. The van der Waals surface area contributed by atoms with E-state index in [0.29, 0.717) is 42.7 Å². The van der Waals surface area contributed by atoms with Gasteiger partial charge in [-0.1, -0.05) is 38.8 Å². The number of amides is 2. The van der Waals surface area contributed by atoms with Crippen molar-refractivity contribution >= 4 is 11.8 Å². The lowest BCUT2D eigenvalue weighted by Gasteiger charge is -2.36. The first kappa shape index (κ1) is 27.5. The predicted octanol–water partition coefficient (Wildman–Crippen LogP) is 5.08. The first-order valence-corrected chi connectivity index (χ1v) is 13.9. The van der Waals surface area contributed by atoms with Crippen molar-refractivity contribution in [1.82, 2.24) is 14.7 Å². The van der Waals surface area contributed by atoms with Gasteiger partial charge in [0, 0.05) is 26.1 Å². The van der Waals surface area contributed by atoms with Crippen LogP contribution in [0, 0.1) is 11.8 Å². The molecular formula is C29H47N3O3. The molecule has 0 unspecified atom stereocenters. The summed E-state index contributed by atoms with van der Waals surface area (Å²) in [5, 5.41) is 0. The van der Waals surface area contributed by atoms with Gasteiger partial charge in [-0.15, -0.1) is 0 Å². The summed E-state index contributed by atoms with van der Waals surface area (Å²) in [5.74, 6) is 1.88. The van der Waals surface area contributed by atoms with Crippen molar-refractivity contribution in [2.75, 3.05) is 46.4 Å². The van der Waals surface area contributed by atoms with E-state index in [0.717, 1.165) is 71.1 Å². The second-order valence-electron chi connectivity index (χ2n) is 10.9. The molecule has 0 aromatic heterocycles. The van der Waals surface area contributed by atoms with Gasteiger partial charge in [-0.3, -0.25) is 9.59 Å². The number of hydrogen-bond acceptors (Lipinski definition) is 4. The summed E-state index contributed by atoms with van der Waals surface area (Å²) in [5.41, 5.74) is 0.624. The lowest BCUT2D eigenvalue weighted by molar-refractivity contribution is -0.136. The van der Waals surface area contributed by atoms with E-state index in [2.05, 4.69) is 30.7 Å². The van der Waals surface area contributed by atoms with Crippen LogP contribution >= 0.6 is 0 Å². The second-order valence-corrected chi connectivity index (χ2v) is 10.9. The average molecular weight is 486 g/mol. The number of para-hydroxylation sites is 1. The van der Waals surface area contributed by atoms with Gasteiger partial charge in [0.15, 0.2) is 0 Å². The van der Waals surface area contributed by atoms with Gasteiger partial charge in [0.05, 0.1) is 11.6 Å². The first-order valence-electron chi connectivity index (χ1n) is 13.9. The van der Waals surface area contributed by atoms with E-state index in [1.807, 2.05) is 36.1 Å². The van der Waals surface area contributed by atoms with Crippen LogP contribution in [0.5, 0.6) is 5.75 Å². The summed E-state index contributed by atoms with van der Waals surface area (Å²) in [6, 6.07) is 7.60. The third-order valence-electron chi connectivity index (χ3n) is 7.60. The Kier molecular flexibility index (Phi) is 10.9. The molecule has 2 aliphatic rings. The first-order chi connectivity index (χ1) is 16.9. The van der Waals surface area contributed by atoms with Gasteiger partial charge in [-0.25, -0.2) is 0 Å². The van der Waals surface area contributed by atoms with Crippen molar-refractivity contribution in [3.8, 4) is 5.75 Å². The normalized spacial score (nSPS) is 22.0. The van der Waals surface area contributed by atoms with E-state index in [1.54, 1.807) is 0 Å². The molecule has 2 amide bonds. The van der Waals surface area contributed by atoms with Crippen LogP contribution in [0.25, 0.3) is 0 Å². The number of ether oxygens (including phenoxy) is 1. The van der Waals surface area contributed by atoms with E-state index < -0.39 is 0 Å². The maximum absolute atomic E-state index is 13.7. The number of carbonyl (C=O) groups is 2. The molecule has 35 heavy (non-hydrogen) atoms. The maximum atomic E-state index is 13.7. The van der Waals surface area contributed by atoms with Gasteiger partial charge in [0.1, 0.15) is 12.4 Å². The zero-order chi connectivity index (χ0) is 25.2. The zero-order valence-corrected chi connectivity index (χ0v) is 22.5.